The molecule has 5 N–H and O–H groups in total. The maximum atomic E-state index is 13.0. The van der Waals surface area contributed by atoms with Crippen molar-refractivity contribution in [2.75, 3.05) is 26.3 Å². The minimum atomic E-state index is -4.67. The Morgan fingerprint density at radius 1 is 1.00 bits per heavy atom. The fourth-order valence-electron chi connectivity index (χ4n) is 3.58. The molecule has 0 aliphatic carbocycles. The third kappa shape index (κ3) is 11.6. The van der Waals surface area contributed by atoms with Crippen molar-refractivity contribution in [1.29, 1.82) is 0 Å². The van der Waals surface area contributed by atoms with Gasteiger partial charge in [0, 0.05) is 33.1 Å². The predicted molar refractivity (Wildman–Crippen MR) is 127 cm³/mol. The summed E-state index contributed by atoms with van der Waals surface area (Å²) in [6.45, 7) is 6.52. The number of morpholine rings is 2. The molecule has 0 bridgehead atoms. The second kappa shape index (κ2) is 16.1. The van der Waals surface area contributed by atoms with Crippen LogP contribution in [0.2, 0.25) is 0 Å². The van der Waals surface area contributed by atoms with E-state index in [0.717, 1.165) is 12.1 Å². The van der Waals surface area contributed by atoms with E-state index < -0.39 is 16.2 Å². The average molecular weight is 539 g/mol. The molecule has 0 amide bonds. The first kappa shape index (κ1) is 35.0. The van der Waals surface area contributed by atoms with Gasteiger partial charge in [0.2, 0.25) is 5.79 Å². The zero-order valence-corrected chi connectivity index (χ0v) is 23.2. The van der Waals surface area contributed by atoms with E-state index in [1.54, 1.807) is 18.2 Å². The van der Waals surface area contributed by atoms with Crippen molar-refractivity contribution in [3.8, 4) is 0 Å². The van der Waals surface area contributed by atoms with Gasteiger partial charge in [0.25, 0.3) is 0 Å². The van der Waals surface area contributed by atoms with E-state index >= 15 is 0 Å². The van der Waals surface area contributed by atoms with Crippen LogP contribution in [0.3, 0.4) is 0 Å². The zero-order valence-electron chi connectivity index (χ0n) is 21.4. The largest absolute Gasteiger partial charge is 1.00 e. The molecule has 2 aliphatic rings. The molecule has 0 spiro atoms. The van der Waals surface area contributed by atoms with Crippen LogP contribution in [0.25, 0.3) is 0 Å². The molecule has 4 rings (SSSR count). The molecule has 195 valence electrons. The number of halogens is 2. The monoisotopic (exact) mass is 539 g/mol. The van der Waals surface area contributed by atoms with Crippen molar-refractivity contribution in [3.05, 3.63) is 71.3 Å². The average Bonchev–Trinajstić information content (AvgIpc) is 2.76. The molecule has 4 unspecified atom stereocenters. The molecule has 36 heavy (non-hydrogen) atoms. The zero-order chi connectivity index (χ0) is 25.4. The van der Waals surface area contributed by atoms with Gasteiger partial charge in [-0.15, -0.1) is 0 Å². The third-order valence-corrected chi connectivity index (χ3v) is 5.20. The fourth-order valence-corrected chi connectivity index (χ4v) is 3.58. The molecule has 2 aliphatic heterocycles. The molecule has 0 saturated carbocycles. The first-order chi connectivity index (χ1) is 15.9. The third-order valence-electron chi connectivity index (χ3n) is 5.20. The first-order valence-electron chi connectivity index (χ1n) is 10.6. The van der Waals surface area contributed by atoms with E-state index in [2.05, 4.69) is 17.6 Å². The van der Waals surface area contributed by atoms with Crippen molar-refractivity contribution >= 4 is 18.8 Å². The molecule has 2 heterocycles. The van der Waals surface area contributed by atoms with Gasteiger partial charge in [0.15, 0.2) is 0 Å². The van der Waals surface area contributed by atoms with Crippen LogP contribution in [-0.4, -0.2) is 69.4 Å². The van der Waals surface area contributed by atoms with E-state index in [1.165, 1.54) is 24.3 Å². The van der Waals surface area contributed by atoms with Gasteiger partial charge < -0.3 is 26.6 Å². The first-order valence-corrected chi connectivity index (χ1v) is 12.0. The Hall–Kier alpha value is -0.965. The number of hydrogen-bond acceptors (Lipinski definition) is 7. The number of nitrogens with one attached hydrogen (secondary N) is 2. The molecular weight excluding hydrogens is 508 g/mol. The standard InChI is InChI=1S/C11H14FNO2.C11H14FNO.B.Na.H2O4S.H/c1-8-11(14,15-6-5-13-8)9-3-2-4-10(12)7-9;1-8-11(14-6-5-13-8)9-3-2-4-10(12)7-9;;;1-5(2,3)4;/h2-4,7-8,13-14H,5-6H2,1H3;2-4,7-8,11,13H,5-6H2,1H3;;;(H2,1,2,3,4);/q;;;+1;;-1. The molecule has 9 nitrogen and oxygen atoms in total. The van der Waals surface area contributed by atoms with Gasteiger partial charge in [-0.05, 0) is 43.7 Å². The maximum absolute atomic E-state index is 13.0. The molecule has 2 fully saturated rings. The maximum Gasteiger partial charge on any atom is 1.00 e. The van der Waals surface area contributed by atoms with Crippen molar-refractivity contribution in [3.63, 3.8) is 0 Å². The van der Waals surface area contributed by atoms with Gasteiger partial charge in [-0.1, -0.05) is 24.3 Å². The summed E-state index contributed by atoms with van der Waals surface area (Å²) in [6.07, 6.45) is -0.0283. The van der Waals surface area contributed by atoms with Gasteiger partial charge >= 0.3 is 40.0 Å². The quantitative estimate of drug-likeness (QED) is 0.239. The summed E-state index contributed by atoms with van der Waals surface area (Å²) < 4.78 is 68.5. The molecular formula is C22H31BF2N2NaO7S. The summed E-state index contributed by atoms with van der Waals surface area (Å²) in [5, 5.41) is 16.7. The van der Waals surface area contributed by atoms with Crippen LogP contribution in [-0.2, 0) is 25.7 Å². The van der Waals surface area contributed by atoms with Crippen LogP contribution >= 0.6 is 0 Å². The summed E-state index contributed by atoms with van der Waals surface area (Å²) in [7, 11) is -4.67. The van der Waals surface area contributed by atoms with Crippen LogP contribution in [0, 0.1) is 11.6 Å². The molecule has 0 aromatic heterocycles. The van der Waals surface area contributed by atoms with Crippen molar-refractivity contribution in [1.82, 2.24) is 10.6 Å². The van der Waals surface area contributed by atoms with Crippen LogP contribution in [0.5, 0.6) is 0 Å². The summed E-state index contributed by atoms with van der Waals surface area (Å²) >= 11 is 0. The molecule has 4 atom stereocenters. The summed E-state index contributed by atoms with van der Waals surface area (Å²) in [4.78, 5) is 0. The molecule has 3 radical (unpaired) electrons. The SMILES string of the molecule is CC1NCCOC1(O)c1cccc(F)c1.CC1NCCOC1c1cccc(F)c1.O=S(=O)(O)O.[B].[H-].[Na+]. The summed E-state index contributed by atoms with van der Waals surface area (Å²) in [5.41, 5.74) is 1.35. The molecule has 2 saturated heterocycles. The number of hydrogen-bond donors (Lipinski definition) is 5. The molecule has 14 heteroatoms. The van der Waals surface area contributed by atoms with Crippen molar-refractivity contribution in [2.24, 2.45) is 0 Å². The van der Waals surface area contributed by atoms with Crippen LogP contribution in [0.1, 0.15) is 32.5 Å². The topological polar surface area (TPSA) is 137 Å². The Balaban J connectivity index is 0. The second-order valence-corrected chi connectivity index (χ2v) is 8.66. The Kier molecular flexibility index (Phi) is 15.7. The van der Waals surface area contributed by atoms with Crippen molar-refractivity contribution in [2.45, 2.75) is 37.8 Å². The number of rotatable bonds is 2. The second-order valence-electron chi connectivity index (χ2n) is 7.77. The Morgan fingerprint density at radius 3 is 2.08 bits per heavy atom. The number of aliphatic hydroxyl groups is 1. The summed E-state index contributed by atoms with van der Waals surface area (Å²) in [6, 6.07) is 12.4. The van der Waals surface area contributed by atoms with Crippen LogP contribution in [0.4, 0.5) is 8.78 Å². The Bertz CT molecular complexity index is 1040. The number of ether oxygens (including phenoxy) is 2. The van der Waals surface area contributed by atoms with E-state index in [9.17, 15) is 13.9 Å². The van der Waals surface area contributed by atoms with Crippen molar-refractivity contribution < 1.29 is 71.9 Å². The number of benzene rings is 2. The fraction of sp³-hybridized carbons (Fsp3) is 0.455. The van der Waals surface area contributed by atoms with Gasteiger partial charge in [-0.3, -0.25) is 9.11 Å². The van der Waals surface area contributed by atoms with Gasteiger partial charge in [-0.25, -0.2) is 8.78 Å². The van der Waals surface area contributed by atoms with Gasteiger partial charge in [0.1, 0.15) is 11.6 Å². The van der Waals surface area contributed by atoms with E-state index in [1.807, 2.05) is 13.0 Å². The predicted octanol–water partition coefficient (Wildman–Crippen LogP) is -1.06. The van der Waals surface area contributed by atoms with E-state index in [-0.39, 0.29) is 69.2 Å². The molecule has 2 aromatic rings. The minimum Gasteiger partial charge on any atom is -1.00 e. The Morgan fingerprint density at radius 2 is 1.56 bits per heavy atom. The van der Waals surface area contributed by atoms with E-state index in [4.69, 9.17) is 27.0 Å². The minimum absolute atomic E-state index is 0. The van der Waals surface area contributed by atoms with E-state index in [0.29, 0.717) is 25.3 Å². The Labute approximate surface area is 235 Å². The van der Waals surface area contributed by atoms with Crippen LogP contribution < -0.4 is 40.2 Å². The smallest absolute Gasteiger partial charge is 1.00 e. The normalized spacial score (nSPS) is 25.5. The molecule has 2 aromatic carbocycles. The summed E-state index contributed by atoms with van der Waals surface area (Å²) in [5.74, 6) is -2.01. The van der Waals surface area contributed by atoms with Gasteiger partial charge in [0.05, 0.1) is 25.4 Å². The van der Waals surface area contributed by atoms with Crippen LogP contribution in [0.15, 0.2) is 48.5 Å². The van der Waals surface area contributed by atoms with Gasteiger partial charge in [-0.2, -0.15) is 8.42 Å².